The van der Waals surface area contributed by atoms with E-state index in [9.17, 15) is 4.79 Å². The molecule has 0 saturated heterocycles. The van der Waals surface area contributed by atoms with Crippen molar-refractivity contribution in [3.63, 3.8) is 0 Å². The molecule has 1 heterocycles. The van der Waals surface area contributed by atoms with Crippen molar-refractivity contribution in [2.75, 3.05) is 19.7 Å². The molecule has 1 rings (SSSR count). The van der Waals surface area contributed by atoms with Crippen LogP contribution in [0.25, 0.3) is 0 Å². The van der Waals surface area contributed by atoms with E-state index in [-0.39, 0.29) is 12.5 Å². The Hall–Kier alpha value is -1.31. The Kier molecular flexibility index (Phi) is 8.01. The molecule has 0 spiro atoms. The second-order valence-electron chi connectivity index (χ2n) is 4.62. The van der Waals surface area contributed by atoms with E-state index in [0.29, 0.717) is 4.88 Å². The third-order valence-electron chi connectivity index (χ3n) is 3.01. The number of amides is 1. The van der Waals surface area contributed by atoms with Gasteiger partial charge in [0.1, 0.15) is 11.5 Å². The standard InChI is InChI=1S/C16H23NO2S/c1-3-5-10-17(11-6-4-2)16(19)15-14(8-7-12-18)9-13-20-15/h9,13,18H,3-6,10-12H2,1-2H3. The molecule has 20 heavy (non-hydrogen) atoms. The quantitative estimate of drug-likeness (QED) is 0.785. The molecule has 1 aromatic rings. The lowest BCUT2D eigenvalue weighted by Gasteiger charge is -2.22. The SMILES string of the molecule is CCCCN(CCCC)C(=O)c1sccc1C#CCO. The molecule has 1 aromatic heterocycles. The predicted molar refractivity (Wildman–Crippen MR) is 84.0 cm³/mol. The fourth-order valence-electron chi connectivity index (χ4n) is 1.86. The van der Waals surface area contributed by atoms with Crippen molar-refractivity contribution in [1.29, 1.82) is 0 Å². The van der Waals surface area contributed by atoms with Gasteiger partial charge in [0, 0.05) is 18.7 Å². The average molecular weight is 293 g/mol. The van der Waals surface area contributed by atoms with Crippen molar-refractivity contribution < 1.29 is 9.90 Å². The van der Waals surface area contributed by atoms with Gasteiger partial charge in [-0.15, -0.1) is 11.3 Å². The summed E-state index contributed by atoms with van der Waals surface area (Å²) in [7, 11) is 0. The highest BCUT2D eigenvalue weighted by Gasteiger charge is 2.18. The number of aliphatic hydroxyl groups excluding tert-OH is 1. The highest BCUT2D eigenvalue weighted by molar-refractivity contribution is 7.12. The zero-order valence-electron chi connectivity index (χ0n) is 12.3. The van der Waals surface area contributed by atoms with Gasteiger partial charge in [0.05, 0.1) is 0 Å². The molecular formula is C16H23NO2S. The topological polar surface area (TPSA) is 40.5 Å². The van der Waals surface area contributed by atoms with Crippen LogP contribution in [0.15, 0.2) is 11.4 Å². The minimum absolute atomic E-state index is 0.0733. The van der Waals surface area contributed by atoms with Crippen LogP contribution in [0, 0.1) is 11.8 Å². The van der Waals surface area contributed by atoms with Crippen molar-refractivity contribution >= 4 is 17.2 Å². The first-order chi connectivity index (χ1) is 9.74. The molecular weight excluding hydrogens is 270 g/mol. The second kappa shape index (κ2) is 9.57. The summed E-state index contributed by atoms with van der Waals surface area (Å²) in [4.78, 5) is 15.2. The van der Waals surface area contributed by atoms with Gasteiger partial charge in [-0.05, 0) is 24.3 Å². The van der Waals surface area contributed by atoms with E-state index in [4.69, 9.17) is 5.11 Å². The summed E-state index contributed by atoms with van der Waals surface area (Å²) >= 11 is 1.43. The van der Waals surface area contributed by atoms with E-state index in [2.05, 4.69) is 25.7 Å². The zero-order valence-corrected chi connectivity index (χ0v) is 13.1. The summed E-state index contributed by atoms with van der Waals surface area (Å²) in [6.45, 7) is 5.69. The molecule has 0 radical (unpaired) electrons. The zero-order chi connectivity index (χ0) is 14.8. The third kappa shape index (κ3) is 4.99. The Bertz CT molecular complexity index is 462. The molecule has 3 nitrogen and oxygen atoms in total. The fourth-order valence-corrected chi connectivity index (χ4v) is 2.68. The number of unbranched alkanes of at least 4 members (excludes halogenated alkanes) is 2. The molecule has 0 aliphatic rings. The van der Waals surface area contributed by atoms with Crippen molar-refractivity contribution in [3.8, 4) is 11.8 Å². The monoisotopic (exact) mass is 293 g/mol. The fraction of sp³-hybridized carbons (Fsp3) is 0.562. The summed E-state index contributed by atoms with van der Waals surface area (Å²) in [5.41, 5.74) is 0.729. The lowest BCUT2D eigenvalue weighted by Crippen LogP contribution is -2.32. The van der Waals surface area contributed by atoms with E-state index in [1.165, 1.54) is 11.3 Å². The van der Waals surface area contributed by atoms with Crippen LogP contribution in [-0.4, -0.2) is 35.6 Å². The van der Waals surface area contributed by atoms with Crippen LogP contribution in [0.5, 0.6) is 0 Å². The van der Waals surface area contributed by atoms with Crippen LogP contribution in [0.4, 0.5) is 0 Å². The van der Waals surface area contributed by atoms with Crippen molar-refractivity contribution in [1.82, 2.24) is 4.90 Å². The molecule has 1 amide bonds. The van der Waals surface area contributed by atoms with Crippen LogP contribution in [-0.2, 0) is 0 Å². The molecule has 110 valence electrons. The molecule has 0 fully saturated rings. The Morgan fingerprint density at radius 1 is 1.30 bits per heavy atom. The highest BCUT2D eigenvalue weighted by atomic mass is 32.1. The minimum atomic E-state index is -0.182. The number of carbonyl (C=O) groups is 1. The van der Waals surface area contributed by atoms with Gasteiger partial charge in [-0.1, -0.05) is 38.5 Å². The second-order valence-corrected chi connectivity index (χ2v) is 5.54. The Balaban J connectivity index is 2.84. The average Bonchev–Trinajstić information content (AvgIpc) is 2.93. The molecule has 0 aliphatic heterocycles. The predicted octanol–water partition coefficient (Wildman–Crippen LogP) is 3.13. The first-order valence-electron chi connectivity index (χ1n) is 7.21. The summed E-state index contributed by atoms with van der Waals surface area (Å²) in [5.74, 6) is 5.54. The van der Waals surface area contributed by atoms with Crippen molar-refractivity contribution in [2.24, 2.45) is 0 Å². The number of nitrogens with zero attached hydrogens (tertiary/aromatic N) is 1. The Morgan fingerprint density at radius 2 is 1.95 bits per heavy atom. The van der Waals surface area contributed by atoms with Crippen LogP contribution in [0.3, 0.4) is 0 Å². The Morgan fingerprint density at radius 3 is 2.50 bits per heavy atom. The van der Waals surface area contributed by atoms with Crippen LogP contribution < -0.4 is 0 Å². The van der Waals surface area contributed by atoms with E-state index >= 15 is 0 Å². The van der Waals surface area contributed by atoms with Gasteiger partial charge in [0.25, 0.3) is 5.91 Å². The number of thiophene rings is 1. The number of hydrogen-bond donors (Lipinski definition) is 1. The van der Waals surface area contributed by atoms with Crippen molar-refractivity contribution in [3.05, 3.63) is 21.9 Å². The number of aliphatic hydroxyl groups is 1. The number of carbonyl (C=O) groups excluding carboxylic acids is 1. The van der Waals surface area contributed by atoms with Crippen LogP contribution >= 0.6 is 11.3 Å². The van der Waals surface area contributed by atoms with Gasteiger partial charge in [0.15, 0.2) is 0 Å². The number of rotatable bonds is 7. The first kappa shape index (κ1) is 16.7. The minimum Gasteiger partial charge on any atom is -0.384 e. The first-order valence-corrected chi connectivity index (χ1v) is 8.09. The molecule has 0 atom stereocenters. The molecule has 0 aliphatic carbocycles. The Labute approximate surface area is 125 Å². The molecule has 0 aromatic carbocycles. The maximum Gasteiger partial charge on any atom is 0.265 e. The summed E-state index contributed by atoms with van der Waals surface area (Å²) in [6, 6.07) is 1.85. The van der Waals surface area contributed by atoms with E-state index < -0.39 is 0 Å². The highest BCUT2D eigenvalue weighted by Crippen LogP contribution is 2.19. The third-order valence-corrected chi connectivity index (χ3v) is 3.91. The van der Waals surface area contributed by atoms with E-state index in [1.807, 2.05) is 16.3 Å². The molecule has 1 N–H and O–H groups in total. The van der Waals surface area contributed by atoms with Crippen molar-refractivity contribution in [2.45, 2.75) is 39.5 Å². The van der Waals surface area contributed by atoms with Gasteiger partial charge < -0.3 is 10.0 Å². The molecule has 4 heteroatoms. The summed E-state index contributed by atoms with van der Waals surface area (Å²) < 4.78 is 0. The summed E-state index contributed by atoms with van der Waals surface area (Å²) in [6.07, 6.45) is 4.21. The maximum absolute atomic E-state index is 12.6. The normalized spacial score (nSPS) is 9.95. The van der Waals surface area contributed by atoms with E-state index in [0.717, 1.165) is 44.3 Å². The largest absolute Gasteiger partial charge is 0.384 e. The summed E-state index contributed by atoms with van der Waals surface area (Å²) in [5, 5.41) is 10.7. The molecule has 0 bridgehead atoms. The van der Waals surface area contributed by atoms with Gasteiger partial charge in [0.2, 0.25) is 0 Å². The van der Waals surface area contributed by atoms with Gasteiger partial charge in [-0.25, -0.2) is 0 Å². The number of hydrogen-bond acceptors (Lipinski definition) is 3. The van der Waals surface area contributed by atoms with Gasteiger partial charge in [-0.2, -0.15) is 0 Å². The van der Waals surface area contributed by atoms with E-state index in [1.54, 1.807) is 0 Å². The van der Waals surface area contributed by atoms with Crippen LogP contribution in [0.1, 0.15) is 54.8 Å². The molecule has 0 saturated carbocycles. The van der Waals surface area contributed by atoms with Gasteiger partial charge >= 0.3 is 0 Å². The van der Waals surface area contributed by atoms with Gasteiger partial charge in [-0.3, -0.25) is 4.79 Å². The lowest BCUT2D eigenvalue weighted by molar-refractivity contribution is 0.0755. The van der Waals surface area contributed by atoms with Crippen LogP contribution in [0.2, 0.25) is 0 Å². The molecule has 0 unspecified atom stereocenters. The smallest absolute Gasteiger partial charge is 0.265 e. The maximum atomic E-state index is 12.6. The lowest BCUT2D eigenvalue weighted by atomic mass is 10.2.